The Morgan fingerprint density at radius 1 is 1.23 bits per heavy atom. The van der Waals surface area contributed by atoms with E-state index in [1.807, 2.05) is 10.7 Å². The number of benzene rings is 1. The summed E-state index contributed by atoms with van der Waals surface area (Å²) in [4.78, 5) is 12.0. The second-order valence-corrected chi connectivity index (χ2v) is 5.47. The molecule has 1 fully saturated rings. The zero-order valence-corrected chi connectivity index (χ0v) is 12.2. The van der Waals surface area contributed by atoms with E-state index in [2.05, 4.69) is 10.4 Å². The van der Waals surface area contributed by atoms with E-state index in [1.54, 1.807) is 24.4 Å². The summed E-state index contributed by atoms with van der Waals surface area (Å²) < 4.78 is 14.7. The molecular weight excluding hydrogens is 281 g/mol. The zero-order chi connectivity index (χ0) is 15.4. The van der Waals surface area contributed by atoms with Gasteiger partial charge in [0.05, 0.1) is 12.2 Å². The van der Waals surface area contributed by atoms with Gasteiger partial charge >= 0.3 is 0 Å². The largest absolute Gasteiger partial charge is 0.307 e. The van der Waals surface area contributed by atoms with E-state index in [9.17, 15) is 9.18 Å². The van der Waals surface area contributed by atoms with Crippen molar-refractivity contribution < 1.29 is 9.18 Å². The number of carbonyl (C=O) groups is 1. The highest BCUT2D eigenvalue weighted by molar-refractivity contribution is 6.01. The number of hydrogen-bond donors (Lipinski definition) is 1. The molecule has 0 aliphatic heterocycles. The predicted molar refractivity (Wildman–Crippen MR) is 83.8 cm³/mol. The molecule has 0 spiro atoms. The molecular formula is C17H18FN3O. The second kappa shape index (κ2) is 6.56. The first-order chi connectivity index (χ1) is 10.7. The molecule has 1 aliphatic rings. The molecule has 114 valence electrons. The van der Waals surface area contributed by atoms with Crippen molar-refractivity contribution in [2.75, 3.05) is 5.32 Å². The summed E-state index contributed by atoms with van der Waals surface area (Å²) >= 11 is 0. The summed E-state index contributed by atoms with van der Waals surface area (Å²) in [5.74, 6) is 0.215. The van der Waals surface area contributed by atoms with Crippen LogP contribution in [-0.4, -0.2) is 15.7 Å². The molecule has 1 saturated carbocycles. The normalized spacial score (nSPS) is 15.5. The molecule has 0 atom stereocenters. The molecule has 22 heavy (non-hydrogen) atoms. The Kier molecular flexibility index (Phi) is 4.32. The summed E-state index contributed by atoms with van der Waals surface area (Å²) in [5, 5.41) is 7.17. The van der Waals surface area contributed by atoms with E-state index in [0.29, 0.717) is 6.04 Å². The fourth-order valence-corrected chi connectivity index (χ4v) is 2.77. The van der Waals surface area contributed by atoms with Gasteiger partial charge in [0.25, 0.3) is 0 Å². The highest BCUT2D eigenvalue weighted by atomic mass is 19.1. The number of rotatable bonds is 4. The molecule has 0 unspecified atom stereocenters. The van der Waals surface area contributed by atoms with Gasteiger partial charge in [-0.05, 0) is 36.6 Å². The summed E-state index contributed by atoms with van der Waals surface area (Å²) in [6, 6.07) is 8.18. The van der Waals surface area contributed by atoms with Crippen molar-refractivity contribution >= 4 is 17.8 Å². The van der Waals surface area contributed by atoms with Gasteiger partial charge in [0.15, 0.2) is 0 Å². The lowest BCUT2D eigenvalue weighted by Crippen LogP contribution is -2.15. The van der Waals surface area contributed by atoms with Crippen LogP contribution in [0.2, 0.25) is 0 Å². The quantitative estimate of drug-likeness (QED) is 0.873. The first-order valence-electron chi connectivity index (χ1n) is 7.50. The molecule has 5 heteroatoms. The van der Waals surface area contributed by atoms with Crippen LogP contribution < -0.4 is 5.32 Å². The first-order valence-corrected chi connectivity index (χ1v) is 7.50. The highest BCUT2D eigenvalue weighted by Crippen LogP contribution is 2.31. The lowest BCUT2D eigenvalue weighted by Gasteiger charge is -2.13. The molecule has 1 aliphatic carbocycles. The monoisotopic (exact) mass is 299 g/mol. The maximum Gasteiger partial charge on any atom is 0.249 e. The van der Waals surface area contributed by atoms with Crippen molar-refractivity contribution in [3.05, 3.63) is 54.0 Å². The van der Waals surface area contributed by atoms with Crippen molar-refractivity contribution in [2.45, 2.75) is 31.7 Å². The third kappa shape index (κ3) is 3.42. The smallest absolute Gasteiger partial charge is 0.249 e. The van der Waals surface area contributed by atoms with Gasteiger partial charge in [-0.15, -0.1) is 0 Å². The number of aromatic nitrogens is 2. The average Bonchev–Trinajstić information content (AvgIpc) is 3.17. The Hall–Kier alpha value is -2.43. The minimum absolute atomic E-state index is 0.218. The van der Waals surface area contributed by atoms with Crippen LogP contribution in [0.4, 0.5) is 10.2 Å². The topological polar surface area (TPSA) is 46.9 Å². The van der Waals surface area contributed by atoms with Crippen LogP contribution in [0.25, 0.3) is 6.08 Å². The number of amides is 1. The van der Waals surface area contributed by atoms with Gasteiger partial charge in [0.1, 0.15) is 11.6 Å². The zero-order valence-electron chi connectivity index (χ0n) is 12.2. The molecule has 1 aromatic heterocycles. The van der Waals surface area contributed by atoms with Crippen molar-refractivity contribution in [3.63, 3.8) is 0 Å². The molecule has 1 amide bonds. The minimum atomic E-state index is -0.290. The van der Waals surface area contributed by atoms with Gasteiger partial charge in [-0.1, -0.05) is 25.0 Å². The molecule has 1 aromatic carbocycles. The Labute approximate surface area is 128 Å². The summed E-state index contributed by atoms with van der Waals surface area (Å²) in [6.45, 7) is 0. The van der Waals surface area contributed by atoms with Gasteiger partial charge in [-0.3, -0.25) is 4.79 Å². The standard InChI is InChI=1S/C17H18FN3O/c18-14-8-5-13(6-9-14)7-10-17(22)20-16-11-12-19-21(16)15-3-1-2-4-15/h5-12,15H,1-4H2,(H,20,22)/b10-7+. The molecule has 1 heterocycles. The Balaban J connectivity index is 1.64. The van der Waals surface area contributed by atoms with E-state index in [0.717, 1.165) is 24.2 Å². The highest BCUT2D eigenvalue weighted by Gasteiger charge is 2.20. The van der Waals surface area contributed by atoms with Crippen LogP contribution in [-0.2, 0) is 4.79 Å². The van der Waals surface area contributed by atoms with E-state index in [-0.39, 0.29) is 11.7 Å². The van der Waals surface area contributed by atoms with Crippen molar-refractivity contribution in [1.29, 1.82) is 0 Å². The van der Waals surface area contributed by atoms with Crippen molar-refractivity contribution in [1.82, 2.24) is 9.78 Å². The van der Waals surface area contributed by atoms with Crippen LogP contribution in [0.5, 0.6) is 0 Å². The summed E-state index contributed by atoms with van der Waals surface area (Å²) in [6.07, 6.45) is 9.44. The lowest BCUT2D eigenvalue weighted by atomic mass is 10.2. The molecule has 1 N–H and O–H groups in total. The van der Waals surface area contributed by atoms with Crippen LogP contribution in [0, 0.1) is 5.82 Å². The van der Waals surface area contributed by atoms with Crippen LogP contribution in [0.3, 0.4) is 0 Å². The third-order valence-electron chi connectivity index (χ3n) is 3.89. The fourth-order valence-electron chi connectivity index (χ4n) is 2.77. The molecule has 0 radical (unpaired) electrons. The van der Waals surface area contributed by atoms with E-state index < -0.39 is 0 Å². The van der Waals surface area contributed by atoms with Crippen molar-refractivity contribution in [3.8, 4) is 0 Å². The summed E-state index contributed by atoms with van der Waals surface area (Å²) in [7, 11) is 0. The molecule has 4 nitrogen and oxygen atoms in total. The second-order valence-electron chi connectivity index (χ2n) is 5.47. The third-order valence-corrected chi connectivity index (χ3v) is 3.89. The van der Waals surface area contributed by atoms with Gasteiger partial charge in [-0.2, -0.15) is 5.10 Å². The van der Waals surface area contributed by atoms with Gasteiger partial charge in [0.2, 0.25) is 5.91 Å². The number of carbonyl (C=O) groups excluding carboxylic acids is 1. The summed E-state index contributed by atoms with van der Waals surface area (Å²) in [5.41, 5.74) is 0.779. The number of hydrogen-bond acceptors (Lipinski definition) is 2. The number of halogens is 1. The Bertz CT molecular complexity index is 669. The first kappa shape index (κ1) is 14.5. The van der Waals surface area contributed by atoms with E-state index in [1.165, 1.54) is 31.1 Å². The Morgan fingerprint density at radius 3 is 2.68 bits per heavy atom. The van der Waals surface area contributed by atoms with Gasteiger partial charge in [0, 0.05) is 12.1 Å². The SMILES string of the molecule is O=C(/C=C/c1ccc(F)cc1)Nc1ccnn1C1CCCC1. The number of nitrogens with one attached hydrogen (secondary N) is 1. The molecule has 3 rings (SSSR count). The van der Waals surface area contributed by atoms with E-state index >= 15 is 0 Å². The molecule has 0 saturated heterocycles. The van der Waals surface area contributed by atoms with Crippen LogP contribution in [0.1, 0.15) is 37.3 Å². The number of nitrogens with zero attached hydrogens (tertiary/aromatic N) is 2. The molecule has 2 aromatic rings. The van der Waals surface area contributed by atoms with Gasteiger partial charge < -0.3 is 5.32 Å². The minimum Gasteiger partial charge on any atom is -0.307 e. The fraction of sp³-hybridized carbons (Fsp3) is 0.294. The Morgan fingerprint density at radius 2 is 1.95 bits per heavy atom. The number of anilines is 1. The maximum atomic E-state index is 12.8. The van der Waals surface area contributed by atoms with Gasteiger partial charge in [-0.25, -0.2) is 9.07 Å². The average molecular weight is 299 g/mol. The van der Waals surface area contributed by atoms with E-state index in [4.69, 9.17) is 0 Å². The predicted octanol–water partition coefficient (Wildman–Crippen LogP) is 3.79. The lowest BCUT2D eigenvalue weighted by molar-refractivity contribution is -0.111. The van der Waals surface area contributed by atoms with Crippen LogP contribution in [0.15, 0.2) is 42.6 Å². The van der Waals surface area contributed by atoms with Crippen molar-refractivity contribution in [2.24, 2.45) is 0 Å². The molecule has 0 bridgehead atoms. The maximum absolute atomic E-state index is 12.8. The van der Waals surface area contributed by atoms with Crippen LogP contribution >= 0.6 is 0 Å².